The number of carbonyl (C=O) groups is 1. The smallest absolute Gasteiger partial charge is 0.412 e. The van der Waals surface area contributed by atoms with Crippen LogP contribution < -0.4 is 10.6 Å². The maximum absolute atomic E-state index is 12.6. The first-order valence-electron chi connectivity index (χ1n) is 11.5. The van der Waals surface area contributed by atoms with Crippen LogP contribution >= 0.6 is 0 Å². The molecule has 1 aliphatic heterocycles. The van der Waals surface area contributed by atoms with Crippen molar-refractivity contribution in [1.82, 2.24) is 10.5 Å². The second kappa shape index (κ2) is 9.53. The lowest BCUT2D eigenvalue weighted by Crippen LogP contribution is -2.23. The van der Waals surface area contributed by atoms with Crippen molar-refractivity contribution in [1.29, 1.82) is 0 Å². The number of hydrogen-bond acceptors (Lipinski definition) is 5. The lowest BCUT2D eigenvalue weighted by atomic mass is 9.95. The second-order valence-corrected chi connectivity index (χ2v) is 8.54. The number of fused-ring (bicyclic) bond motifs is 1. The number of aromatic nitrogens is 1. The first kappa shape index (κ1) is 21.9. The fraction of sp³-hybridized carbons (Fsp3) is 0.214. The summed E-state index contributed by atoms with van der Waals surface area (Å²) in [5.41, 5.74) is 7.95. The van der Waals surface area contributed by atoms with E-state index in [1.54, 1.807) is 6.92 Å². The highest BCUT2D eigenvalue weighted by Crippen LogP contribution is 2.33. The van der Waals surface area contributed by atoms with E-state index >= 15 is 0 Å². The Bertz CT molecular complexity index is 1300. The van der Waals surface area contributed by atoms with Crippen LogP contribution in [0.15, 0.2) is 77.3 Å². The van der Waals surface area contributed by atoms with Crippen molar-refractivity contribution in [3.63, 3.8) is 0 Å². The molecule has 3 aromatic carbocycles. The molecule has 5 rings (SSSR count). The standard InChI is InChI=1S/C28H27N3O3/c1-18-26(30-28(32)33-19(2)20-6-4-3-5-7-20)27(34-31-18)22-10-8-21(9-11-22)23-12-13-25-17-29-15-14-24(25)16-23/h3-13,16,19,29H,14-15,17H2,1-2H3,(H,30,32). The highest BCUT2D eigenvalue weighted by atomic mass is 16.6. The molecule has 1 amide bonds. The van der Waals surface area contributed by atoms with E-state index < -0.39 is 6.09 Å². The summed E-state index contributed by atoms with van der Waals surface area (Å²) in [4.78, 5) is 12.6. The van der Waals surface area contributed by atoms with Crippen LogP contribution in [0.5, 0.6) is 0 Å². The van der Waals surface area contributed by atoms with Gasteiger partial charge in [-0.05, 0) is 54.6 Å². The maximum Gasteiger partial charge on any atom is 0.412 e. The Labute approximate surface area is 198 Å². The van der Waals surface area contributed by atoms with Crippen molar-refractivity contribution < 1.29 is 14.1 Å². The van der Waals surface area contributed by atoms with Crippen molar-refractivity contribution in [3.8, 4) is 22.5 Å². The van der Waals surface area contributed by atoms with E-state index in [0.717, 1.165) is 36.2 Å². The molecule has 0 saturated carbocycles. The molecule has 1 atom stereocenters. The van der Waals surface area contributed by atoms with Gasteiger partial charge in [0.1, 0.15) is 17.5 Å². The molecule has 172 valence electrons. The monoisotopic (exact) mass is 453 g/mol. The van der Waals surface area contributed by atoms with Crippen LogP contribution in [0, 0.1) is 6.92 Å². The normalized spacial score (nSPS) is 13.7. The summed E-state index contributed by atoms with van der Waals surface area (Å²) in [5.74, 6) is 0.505. The van der Waals surface area contributed by atoms with Gasteiger partial charge in [-0.1, -0.05) is 78.0 Å². The quantitative estimate of drug-likeness (QED) is 0.372. The van der Waals surface area contributed by atoms with Crippen molar-refractivity contribution in [2.24, 2.45) is 0 Å². The molecule has 1 aromatic heterocycles. The summed E-state index contributed by atoms with van der Waals surface area (Å²) >= 11 is 0. The van der Waals surface area contributed by atoms with Gasteiger partial charge in [0.25, 0.3) is 0 Å². The van der Waals surface area contributed by atoms with Crippen LogP contribution in [0.3, 0.4) is 0 Å². The SMILES string of the molecule is Cc1noc(-c2ccc(-c3ccc4c(c3)CCNC4)cc2)c1NC(=O)OC(C)c1ccccc1. The molecule has 6 heteroatoms. The molecular weight excluding hydrogens is 426 g/mol. The lowest BCUT2D eigenvalue weighted by Gasteiger charge is -2.18. The predicted molar refractivity (Wildman–Crippen MR) is 132 cm³/mol. The van der Waals surface area contributed by atoms with Crippen molar-refractivity contribution in [3.05, 3.63) is 95.2 Å². The maximum atomic E-state index is 12.6. The third-order valence-electron chi connectivity index (χ3n) is 6.22. The Hall–Kier alpha value is -3.90. The van der Waals surface area contributed by atoms with Crippen LogP contribution in [0.2, 0.25) is 0 Å². The predicted octanol–water partition coefficient (Wildman–Crippen LogP) is 6.27. The van der Waals surface area contributed by atoms with Gasteiger partial charge < -0.3 is 14.6 Å². The molecule has 0 spiro atoms. The molecule has 6 nitrogen and oxygen atoms in total. The van der Waals surface area contributed by atoms with Crippen molar-refractivity contribution in [2.75, 3.05) is 11.9 Å². The molecule has 0 aliphatic carbocycles. The van der Waals surface area contributed by atoms with Crippen LogP contribution in [-0.4, -0.2) is 17.8 Å². The van der Waals surface area contributed by atoms with Gasteiger partial charge in [0.15, 0.2) is 5.76 Å². The summed E-state index contributed by atoms with van der Waals surface area (Å²) in [6, 6.07) is 24.4. The molecule has 0 radical (unpaired) electrons. The van der Waals surface area contributed by atoms with Gasteiger partial charge in [-0.15, -0.1) is 0 Å². The highest BCUT2D eigenvalue weighted by Gasteiger charge is 2.20. The average Bonchev–Trinajstić information content (AvgIpc) is 3.24. The summed E-state index contributed by atoms with van der Waals surface area (Å²) in [6.07, 6.45) is 0.118. The Morgan fingerprint density at radius 1 is 1.00 bits per heavy atom. The zero-order chi connectivity index (χ0) is 23.5. The topological polar surface area (TPSA) is 76.4 Å². The lowest BCUT2D eigenvalue weighted by molar-refractivity contribution is 0.121. The van der Waals surface area contributed by atoms with Crippen LogP contribution in [0.25, 0.3) is 22.5 Å². The first-order chi connectivity index (χ1) is 16.6. The van der Waals surface area contributed by atoms with Gasteiger partial charge in [0.2, 0.25) is 0 Å². The fourth-order valence-electron chi connectivity index (χ4n) is 4.27. The Morgan fingerprint density at radius 3 is 2.53 bits per heavy atom. The number of benzene rings is 3. The number of amides is 1. The molecule has 34 heavy (non-hydrogen) atoms. The minimum absolute atomic E-state index is 0.378. The van der Waals surface area contributed by atoms with E-state index in [1.165, 1.54) is 16.7 Å². The number of nitrogens with zero attached hydrogens (tertiary/aromatic N) is 1. The Balaban J connectivity index is 1.33. The molecule has 1 aliphatic rings. The van der Waals surface area contributed by atoms with E-state index in [9.17, 15) is 4.79 Å². The van der Waals surface area contributed by atoms with Gasteiger partial charge in [-0.2, -0.15) is 0 Å². The molecule has 0 bridgehead atoms. The molecule has 4 aromatic rings. The van der Waals surface area contributed by atoms with E-state index in [0.29, 0.717) is 17.1 Å². The fourth-order valence-corrected chi connectivity index (χ4v) is 4.27. The summed E-state index contributed by atoms with van der Waals surface area (Å²) < 4.78 is 11.1. The number of anilines is 1. The number of nitrogens with one attached hydrogen (secondary N) is 2. The largest absolute Gasteiger partial charge is 0.441 e. The Morgan fingerprint density at radius 2 is 1.74 bits per heavy atom. The van der Waals surface area contributed by atoms with Crippen LogP contribution in [-0.2, 0) is 17.7 Å². The number of ether oxygens (including phenoxy) is 1. The summed E-state index contributed by atoms with van der Waals surface area (Å²) in [6.45, 7) is 5.58. The second-order valence-electron chi connectivity index (χ2n) is 8.54. The zero-order valence-electron chi connectivity index (χ0n) is 19.3. The number of carbonyl (C=O) groups excluding carboxylic acids is 1. The summed E-state index contributed by atoms with van der Waals surface area (Å²) in [7, 11) is 0. The van der Waals surface area contributed by atoms with Gasteiger partial charge >= 0.3 is 6.09 Å². The van der Waals surface area contributed by atoms with Crippen molar-refractivity contribution >= 4 is 11.8 Å². The van der Waals surface area contributed by atoms with E-state index in [2.05, 4.69) is 46.1 Å². The van der Waals surface area contributed by atoms with E-state index in [4.69, 9.17) is 9.26 Å². The van der Waals surface area contributed by atoms with Crippen molar-refractivity contribution in [2.45, 2.75) is 32.9 Å². The van der Waals surface area contributed by atoms with Crippen LogP contribution in [0.1, 0.15) is 35.4 Å². The minimum atomic E-state index is -0.552. The van der Waals surface area contributed by atoms with Crippen LogP contribution in [0.4, 0.5) is 10.5 Å². The highest BCUT2D eigenvalue weighted by molar-refractivity contribution is 5.91. The molecule has 0 fully saturated rings. The van der Waals surface area contributed by atoms with E-state index in [-0.39, 0.29) is 6.10 Å². The summed E-state index contributed by atoms with van der Waals surface area (Å²) in [5, 5.41) is 10.3. The number of aryl methyl sites for hydroxylation is 1. The molecule has 2 N–H and O–H groups in total. The molecular formula is C28H27N3O3. The number of rotatable bonds is 5. The van der Waals surface area contributed by atoms with Gasteiger partial charge in [0.05, 0.1) is 0 Å². The zero-order valence-corrected chi connectivity index (χ0v) is 19.3. The molecule has 0 saturated heterocycles. The van der Waals surface area contributed by atoms with E-state index in [1.807, 2.05) is 49.4 Å². The van der Waals surface area contributed by atoms with Gasteiger partial charge in [-0.3, -0.25) is 5.32 Å². The third-order valence-corrected chi connectivity index (χ3v) is 6.22. The van der Waals surface area contributed by atoms with Gasteiger partial charge in [0, 0.05) is 12.1 Å². The van der Waals surface area contributed by atoms with Gasteiger partial charge in [-0.25, -0.2) is 4.79 Å². The Kier molecular flexibility index (Phi) is 6.14. The molecule has 2 heterocycles. The first-order valence-corrected chi connectivity index (χ1v) is 11.5. The minimum Gasteiger partial charge on any atom is -0.441 e. The molecule has 1 unspecified atom stereocenters. The average molecular weight is 454 g/mol. The number of hydrogen-bond donors (Lipinski definition) is 2. The third kappa shape index (κ3) is 4.58.